The number of anilines is 1. The van der Waals surface area contributed by atoms with E-state index in [2.05, 4.69) is 0 Å². The first-order chi connectivity index (χ1) is 19.7. The summed E-state index contributed by atoms with van der Waals surface area (Å²) < 4.78 is 5.49. The number of Topliss-reactive ketones (excluding diaryl/α,β-unsaturated/α-hetero) is 1. The summed E-state index contributed by atoms with van der Waals surface area (Å²) in [7, 11) is 0. The average Bonchev–Trinajstić information content (AvgIpc) is 3.23. The first-order valence-corrected chi connectivity index (χ1v) is 13.4. The molecule has 10 heteroatoms. The fraction of sp³-hybridized carbons (Fsp3) is 0.290. The second-order valence-electron chi connectivity index (χ2n) is 10.7. The number of hydrogen-bond acceptors (Lipinski definition) is 8. The molecule has 0 spiro atoms. The van der Waals surface area contributed by atoms with Crippen LogP contribution >= 0.6 is 0 Å². The zero-order valence-corrected chi connectivity index (χ0v) is 22.1. The topological polar surface area (TPSA) is 144 Å². The lowest BCUT2D eigenvalue weighted by Crippen LogP contribution is -2.39. The van der Waals surface area contributed by atoms with Crippen LogP contribution in [0.3, 0.4) is 0 Å². The van der Waals surface area contributed by atoms with Crippen molar-refractivity contribution in [2.45, 2.75) is 25.7 Å². The fourth-order valence-electron chi connectivity index (χ4n) is 6.66. The van der Waals surface area contributed by atoms with Gasteiger partial charge in [-0.05, 0) is 55.5 Å². The molecule has 0 bridgehead atoms. The Hall–Kier alpha value is -4.70. The van der Waals surface area contributed by atoms with Crippen LogP contribution in [0.5, 0.6) is 5.75 Å². The molecule has 1 saturated heterocycles. The largest absolute Gasteiger partial charge is 0.491 e. The lowest BCUT2D eigenvalue weighted by atomic mass is 9.59. The van der Waals surface area contributed by atoms with Gasteiger partial charge in [-0.3, -0.25) is 29.3 Å². The Kier molecular flexibility index (Phi) is 6.50. The molecule has 1 fully saturated rings. The first-order valence-electron chi connectivity index (χ1n) is 13.4. The molecule has 2 amide bonds. The third-order valence-electron chi connectivity index (χ3n) is 8.44. The highest BCUT2D eigenvalue weighted by molar-refractivity contribution is 6.25. The molecule has 0 radical (unpaired) electrons. The van der Waals surface area contributed by atoms with E-state index < -0.39 is 40.4 Å². The number of aliphatic hydroxyl groups is 1. The zero-order valence-electron chi connectivity index (χ0n) is 22.1. The molecule has 1 aliphatic heterocycles. The van der Waals surface area contributed by atoms with Crippen molar-refractivity contribution in [3.63, 3.8) is 0 Å². The predicted octanol–water partition coefficient (Wildman–Crippen LogP) is 3.60. The number of fused-ring (bicyclic) bond motifs is 3. The molecule has 6 rings (SSSR count). The lowest BCUT2D eigenvalue weighted by Gasteiger charge is -2.42. The molecule has 208 valence electrons. The number of hydrogen-bond donors (Lipinski definition) is 1. The van der Waals surface area contributed by atoms with Crippen LogP contribution in [-0.4, -0.2) is 46.6 Å². The summed E-state index contributed by atoms with van der Waals surface area (Å²) in [6.07, 6.45) is 3.66. The van der Waals surface area contributed by atoms with Gasteiger partial charge in [0, 0.05) is 34.8 Å². The van der Waals surface area contributed by atoms with Crippen LogP contribution in [-0.2, 0) is 19.2 Å². The van der Waals surface area contributed by atoms with Gasteiger partial charge in [0.05, 0.1) is 29.1 Å². The van der Waals surface area contributed by atoms with Gasteiger partial charge in [-0.1, -0.05) is 29.8 Å². The van der Waals surface area contributed by atoms with Crippen LogP contribution in [0.25, 0.3) is 0 Å². The van der Waals surface area contributed by atoms with Crippen LogP contribution in [0.15, 0.2) is 83.0 Å². The molecule has 4 aliphatic rings. The Balaban J connectivity index is 1.43. The molecule has 2 aromatic rings. The van der Waals surface area contributed by atoms with Crippen LogP contribution in [0.2, 0.25) is 0 Å². The van der Waals surface area contributed by atoms with E-state index in [1.165, 1.54) is 30.3 Å². The Labute approximate surface area is 234 Å². The van der Waals surface area contributed by atoms with Crippen molar-refractivity contribution in [1.29, 1.82) is 0 Å². The molecule has 1 N–H and O–H groups in total. The summed E-state index contributed by atoms with van der Waals surface area (Å²) in [6, 6.07) is 12.5. The molecule has 1 heterocycles. The maximum atomic E-state index is 13.9. The van der Waals surface area contributed by atoms with E-state index in [1.807, 2.05) is 6.08 Å². The van der Waals surface area contributed by atoms with Gasteiger partial charge in [-0.25, -0.2) is 4.90 Å². The number of imide groups is 1. The molecule has 10 nitrogen and oxygen atoms in total. The highest BCUT2D eigenvalue weighted by Crippen LogP contribution is 2.55. The van der Waals surface area contributed by atoms with Crippen LogP contribution in [0, 0.1) is 27.9 Å². The predicted molar refractivity (Wildman–Crippen MR) is 146 cm³/mol. The molecule has 0 unspecified atom stereocenters. The number of nitrogens with zero attached hydrogens (tertiary/aromatic N) is 2. The van der Waals surface area contributed by atoms with Crippen molar-refractivity contribution in [3.05, 3.63) is 98.7 Å². The zero-order chi connectivity index (χ0) is 29.0. The Morgan fingerprint density at radius 3 is 2.51 bits per heavy atom. The van der Waals surface area contributed by atoms with Gasteiger partial charge in [0.1, 0.15) is 12.4 Å². The average molecular weight is 555 g/mol. The van der Waals surface area contributed by atoms with Crippen LogP contribution in [0.1, 0.15) is 31.2 Å². The smallest absolute Gasteiger partial charge is 0.271 e. The number of rotatable bonds is 6. The number of nitro benzene ring substituents is 1. The molecule has 3 aliphatic carbocycles. The van der Waals surface area contributed by atoms with Crippen molar-refractivity contribution >= 4 is 34.8 Å². The van der Waals surface area contributed by atoms with E-state index in [0.29, 0.717) is 22.5 Å². The molecule has 0 saturated carbocycles. The van der Waals surface area contributed by atoms with Gasteiger partial charge in [0.2, 0.25) is 11.8 Å². The van der Waals surface area contributed by atoms with E-state index >= 15 is 0 Å². The minimum absolute atomic E-state index is 0.128. The van der Waals surface area contributed by atoms with Crippen molar-refractivity contribution in [3.8, 4) is 5.75 Å². The number of ether oxygens (including phenoxy) is 1. The van der Waals surface area contributed by atoms with Crippen molar-refractivity contribution in [2.24, 2.45) is 17.8 Å². The summed E-state index contributed by atoms with van der Waals surface area (Å²) in [5.74, 6) is -3.42. The third-order valence-corrected chi connectivity index (χ3v) is 8.44. The molecular formula is C31H26N2O8. The van der Waals surface area contributed by atoms with Crippen LogP contribution < -0.4 is 9.64 Å². The van der Waals surface area contributed by atoms with Crippen LogP contribution in [0.4, 0.5) is 11.4 Å². The summed E-state index contributed by atoms with van der Waals surface area (Å²) in [5, 5.41) is 20.4. The second kappa shape index (κ2) is 10.0. The van der Waals surface area contributed by atoms with E-state index in [-0.39, 0.29) is 49.0 Å². The second-order valence-corrected chi connectivity index (χ2v) is 10.7. The minimum atomic E-state index is -0.777. The quantitative estimate of drug-likeness (QED) is 0.188. The Bertz CT molecular complexity index is 1620. The standard InChI is InChI=1S/C31H26N2O8/c1-16-13-25(35)24-15-23-21(26(28(24)29(16)36)17-5-7-20(8-6-17)41-12-11-34)9-10-22-27(23)31(38)32(30(22)37)18-3-2-4-19(14-18)33(39)40/h2-9,13-14,22-23,26-27,34H,10-12,15H2,1H3/t22-,23+,26-,27-/m0/s1. The van der Waals surface area contributed by atoms with E-state index in [9.17, 15) is 29.3 Å². The summed E-state index contributed by atoms with van der Waals surface area (Å²) >= 11 is 0. The van der Waals surface area contributed by atoms with E-state index in [4.69, 9.17) is 9.84 Å². The van der Waals surface area contributed by atoms with Crippen molar-refractivity contribution in [2.75, 3.05) is 18.1 Å². The number of carbonyl (C=O) groups excluding carboxylic acids is 4. The first kappa shape index (κ1) is 26.5. The maximum absolute atomic E-state index is 13.9. The highest BCUT2D eigenvalue weighted by Gasteiger charge is 2.56. The summed E-state index contributed by atoms with van der Waals surface area (Å²) in [5.41, 5.74) is 2.55. The van der Waals surface area contributed by atoms with E-state index in [0.717, 1.165) is 16.0 Å². The van der Waals surface area contributed by atoms with Gasteiger partial charge in [-0.2, -0.15) is 0 Å². The number of allylic oxidation sites excluding steroid dienone is 6. The number of non-ortho nitro benzene ring substituents is 1. The lowest BCUT2D eigenvalue weighted by molar-refractivity contribution is -0.384. The summed E-state index contributed by atoms with van der Waals surface area (Å²) in [6.45, 7) is 1.60. The number of carbonyl (C=O) groups is 4. The normalized spacial score (nSPS) is 25.4. The number of benzene rings is 2. The van der Waals surface area contributed by atoms with Crippen molar-refractivity contribution in [1.82, 2.24) is 0 Å². The molecule has 2 aromatic carbocycles. The molecular weight excluding hydrogens is 528 g/mol. The SMILES string of the molecule is CC1=CC(=O)C2=C(C1=O)[C@@H](c1ccc(OCCO)cc1)C1=CC[C@@H]3C(=O)N(c4cccc([N+](=O)[O-])c4)C(=O)[C@@H]3[C@@H]1C2. The molecule has 0 aromatic heterocycles. The number of amides is 2. The number of nitro groups is 1. The summed E-state index contributed by atoms with van der Waals surface area (Å²) in [4.78, 5) is 66.0. The Morgan fingerprint density at radius 1 is 1.05 bits per heavy atom. The maximum Gasteiger partial charge on any atom is 0.271 e. The molecule has 41 heavy (non-hydrogen) atoms. The van der Waals surface area contributed by atoms with Gasteiger partial charge in [-0.15, -0.1) is 0 Å². The monoisotopic (exact) mass is 554 g/mol. The Morgan fingerprint density at radius 2 is 1.80 bits per heavy atom. The minimum Gasteiger partial charge on any atom is -0.491 e. The van der Waals surface area contributed by atoms with E-state index in [1.54, 1.807) is 31.2 Å². The highest BCUT2D eigenvalue weighted by atomic mass is 16.6. The third kappa shape index (κ3) is 4.22. The van der Waals surface area contributed by atoms with Gasteiger partial charge in [0.15, 0.2) is 11.6 Å². The number of aliphatic hydroxyl groups excluding tert-OH is 1. The fourth-order valence-corrected chi connectivity index (χ4v) is 6.66. The molecule has 4 atom stereocenters. The van der Waals surface area contributed by atoms with Gasteiger partial charge < -0.3 is 9.84 Å². The van der Waals surface area contributed by atoms with Gasteiger partial charge in [0.25, 0.3) is 5.69 Å². The van der Waals surface area contributed by atoms with Crippen molar-refractivity contribution < 1.29 is 33.9 Å². The van der Waals surface area contributed by atoms with Gasteiger partial charge >= 0.3 is 0 Å². The number of ketones is 2.